The summed E-state index contributed by atoms with van der Waals surface area (Å²) in [6.45, 7) is 11.3. The molecule has 42 heavy (non-hydrogen) atoms. The standard InChI is InChI=1S/C32H44N6O4/c1-32(2,3)42-31(40)41-24-10-8-23(9-11-24)38-28-27(19-34-30(35-28)33-18-21-5-6-21)25-12-7-22(17-26(25)29(38)39)20-37-15-13-36(4)14-16-37/h7,12,17,19,21,23-24H,5-6,8-11,13-16,18,20H2,1-4H3,(H,33,34,35). The molecule has 1 aliphatic heterocycles. The van der Waals surface area contributed by atoms with E-state index >= 15 is 0 Å². The number of fused-ring (bicyclic) bond motifs is 3. The van der Waals surface area contributed by atoms with Crippen molar-refractivity contribution in [2.75, 3.05) is 45.1 Å². The van der Waals surface area contributed by atoms with Gasteiger partial charge < -0.3 is 19.7 Å². The molecule has 1 N–H and O–H groups in total. The zero-order chi connectivity index (χ0) is 29.4. The molecule has 0 radical (unpaired) electrons. The Hall–Kier alpha value is -3.24. The van der Waals surface area contributed by atoms with Crippen LogP contribution in [-0.2, 0) is 16.0 Å². The molecule has 0 bridgehead atoms. The van der Waals surface area contributed by atoms with Crippen LogP contribution in [0, 0.1) is 5.92 Å². The normalized spacial score (nSPS) is 22.4. The van der Waals surface area contributed by atoms with E-state index in [1.807, 2.05) is 31.5 Å². The molecule has 2 saturated carbocycles. The van der Waals surface area contributed by atoms with Crippen LogP contribution in [0.2, 0.25) is 0 Å². The summed E-state index contributed by atoms with van der Waals surface area (Å²) >= 11 is 0. The molecule has 2 aliphatic carbocycles. The maximum atomic E-state index is 14.3. The summed E-state index contributed by atoms with van der Waals surface area (Å²) in [6, 6.07) is 6.24. The van der Waals surface area contributed by atoms with Gasteiger partial charge in [-0.05, 0) is 89.3 Å². The Morgan fingerprint density at radius 1 is 1.00 bits per heavy atom. The van der Waals surface area contributed by atoms with Crippen LogP contribution in [0.15, 0.2) is 29.2 Å². The molecule has 0 amide bonds. The number of likely N-dealkylation sites (N-methyl/N-ethyl adjacent to an activating group) is 1. The van der Waals surface area contributed by atoms with E-state index in [1.54, 1.807) is 0 Å². The molecular weight excluding hydrogens is 532 g/mol. The largest absolute Gasteiger partial charge is 0.509 e. The number of hydrogen-bond acceptors (Lipinski definition) is 9. The third-order valence-electron chi connectivity index (χ3n) is 8.73. The van der Waals surface area contributed by atoms with Gasteiger partial charge in [0.15, 0.2) is 0 Å². The van der Waals surface area contributed by atoms with Crippen molar-refractivity contribution in [3.05, 3.63) is 40.3 Å². The van der Waals surface area contributed by atoms with Crippen molar-refractivity contribution in [3.8, 4) is 0 Å². The van der Waals surface area contributed by atoms with Gasteiger partial charge in [-0.2, -0.15) is 4.98 Å². The average Bonchev–Trinajstić information content (AvgIpc) is 3.78. The van der Waals surface area contributed by atoms with Crippen molar-refractivity contribution in [3.63, 3.8) is 0 Å². The lowest BCUT2D eigenvalue weighted by Gasteiger charge is -2.32. The number of pyridine rings is 1. The minimum absolute atomic E-state index is 0.0129. The van der Waals surface area contributed by atoms with Gasteiger partial charge in [-0.3, -0.25) is 14.3 Å². The number of nitrogens with zero attached hydrogens (tertiary/aromatic N) is 5. The van der Waals surface area contributed by atoms with Gasteiger partial charge in [-0.25, -0.2) is 9.78 Å². The minimum Gasteiger partial charge on any atom is -0.431 e. The Morgan fingerprint density at radius 2 is 1.74 bits per heavy atom. The summed E-state index contributed by atoms with van der Waals surface area (Å²) < 4.78 is 12.9. The van der Waals surface area contributed by atoms with Crippen molar-refractivity contribution in [1.82, 2.24) is 24.3 Å². The molecule has 10 nitrogen and oxygen atoms in total. The lowest BCUT2D eigenvalue weighted by Crippen LogP contribution is -2.43. The maximum absolute atomic E-state index is 14.3. The highest BCUT2D eigenvalue weighted by Gasteiger charge is 2.30. The molecule has 10 heteroatoms. The van der Waals surface area contributed by atoms with Crippen LogP contribution in [0.1, 0.15) is 70.9 Å². The van der Waals surface area contributed by atoms with E-state index in [9.17, 15) is 9.59 Å². The fourth-order valence-electron chi connectivity index (χ4n) is 6.15. The fourth-order valence-corrected chi connectivity index (χ4v) is 6.15. The van der Waals surface area contributed by atoms with Gasteiger partial charge in [0.25, 0.3) is 5.56 Å². The van der Waals surface area contributed by atoms with E-state index in [4.69, 9.17) is 14.5 Å². The molecule has 3 aliphatic rings. The number of ether oxygens (including phenoxy) is 2. The van der Waals surface area contributed by atoms with Gasteiger partial charge in [0, 0.05) is 62.3 Å². The van der Waals surface area contributed by atoms with Crippen molar-refractivity contribution in [1.29, 1.82) is 0 Å². The molecule has 2 aromatic heterocycles. The number of rotatable bonds is 7. The summed E-state index contributed by atoms with van der Waals surface area (Å²) in [5, 5.41) is 5.88. The maximum Gasteiger partial charge on any atom is 0.509 e. The highest BCUT2D eigenvalue weighted by molar-refractivity contribution is 6.04. The third-order valence-corrected chi connectivity index (χ3v) is 8.73. The third kappa shape index (κ3) is 6.70. The van der Waals surface area contributed by atoms with Gasteiger partial charge in [0.2, 0.25) is 5.95 Å². The van der Waals surface area contributed by atoms with Crippen molar-refractivity contribution in [2.45, 2.75) is 83.6 Å². The van der Waals surface area contributed by atoms with Gasteiger partial charge in [-0.15, -0.1) is 0 Å². The molecule has 0 atom stereocenters. The van der Waals surface area contributed by atoms with Crippen LogP contribution >= 0.6 is 0 Å². The minimum atomic E-state index is -0.633. The van der Waals surface area contributed by atoms with Crippen LogP contribution < -0.4 is 10.9 Å². The smallest absolute Gasteiger partial charge is 0.431 e. The molecule has 1 aromatic carbocycles. The fraction of sp³-hybridized carbons (Fsp3) is 0.625. The Balaban J connectivity index is 1.30. The summed E-state index contributed by atoms with van der Waals surface area (Å²) in [7, 11) is 2.16. The second kappa shape index (κ2) is 11.8. The van der Waals surface area contributed by atoms with Crippen LogP contribution in [0.3, 0.4) is 0 Å². The average molecular weight is 577 g/mol. The summed E-state index contributed by atoms with van der Waals surface area (Å²) in [5.41, 5.74) is 1.21. The van der Waals surface area contributed by atoms with Gasteiger partial charge in [0.05, 0.1) is 0 Å². The first kappa shape index (κ1) is 28.9. The molecule has 3 aromatic rings. The molecular formula is C32H44N6O4. The van der Waals surface area contributed by atoms with Crippen molar-refractivity contribution in [2.24, 2.45) is 5.92 Å². The molecule has 6 rings (SSSR count). The van der Waals surface area contributed by atoms with Crippen LogP contribution in [0.4, 0.5) is 10.7 Å². The molecule has 226 valence electrons. The predicted molar refractivity (Wildman–Crippen MR) is 164 cm³/mol. The number of aromatic nitrogens is 3. The first-order chi connectivity index (χ1) is 20.1. The number of anilines is 1. The monoisotopic (exact) mass is 576 g/mol. The van der Waals surface area contributed by atoms with Gasteiger partial charge in [-0.1, -0.05) is 12.1 Å². The SMILES string of the molecule is CN1CCN(Cc2ccc3c(c2)c(=O)n(C2CCC(OC(=O)OC(C)(C)C)CC2)c2nc(NCC4CC4)ncc32)CC1. The Labute approximate surface area is 247 Å². The number of hydrogen-bond donors (Lipinski definition) is 1. The molecule has 1 saturated heterocycles. The van der Waals surface area contributed by atoms with Crippen molar-refractivity contribution < 1.29 is 14.3 Å². The first-order valence-corrected chi connectivity index (χ1v) is 15.5. The van der Waals surface area contributed by atoms with Crippen LogP contribution in [-0.4, -0.2) is 82.0 Å². The van der Waals surface area contributed by atoms with Gasteiger partial charge >= 0.3 is 6.16 Å². The Kier molecular flexibility index (Phi) is 8.11. The second-order valence-corrected chi connectivity index (χ2v) is 13.4. The summed E-state index contributed by atoms with van der Waals surface area (Å²) in [6.07, 6.45) is 6.24. The molecule has 0 unspecified atom stereocenters. The van der Waals surface area contributed by atoms with Crippen LogP contribution in [0.5, 0.6) is 0 Å². The summed E-state index contributed by atoms with van der Waals surface area (Å²) in [5.74, 6) is 1.25. The number of carbonyl (C=O) groups excluding carboxylic acids is 1. The second-order valence-electron chi connectivity index (χ2n) is 13.4. The first-order valence-electron chi connectivity index (χ1n) is 15.5. The zero-order valence-corrected chi connectivity index (χ0v) is 25.4. The van der Waals surface area contributed by atoms with E-state index in [1.165, 1.54) is 12.8 Å². The van der Waals surface area contributed by atoms with E-state index in [-0.39, 0.29) is 17.7 Å². The zero-order valence-electron chi connectivity index (χ0n) is 25.4. The highest BCUT2D eigenvalue weighted by atomic mass is 16.7. The molecule has 0 spiro atoms. The van der Waals surface area contributed by atoms with Crippen molar-refractivity contribution >= 4 is 33.9 Å². The van der Waals surface area contributed by atoms with Gasteiger partial charge in [0.1, 0.15) is 17.4 Å². The van der Waals surface area contributed by atoms with E-state index in [0.29, 0.717) is 48.6 Å². The molecule has 3 fully saturated rings. The number of benzene rings is 1. The van der Waals surface area contributed by atoms with E-state index in [0.717, 1.165) is 55.6 Å². The Morgan fingerprint density at radius 3 is 2.43 bits per heavy atom. The summed E-state index contributed by atoms with van der Waals surface area (Å²) in [4.78, 5) is 40.9. The van der Waals surface area contributed by atoms with E-state index < -0.39 is 11.8 Å². The number of piperazine rings is 1. The lowest BCUT2D eigenvalue weighted by atomic mass is 9.92. The van der Waals surface area contributed by atoms with E-state index in [2.05, 4.69) is 45.3 Å². The topological polar surface area (TPSA) is 102 Å². The number of nitrogens with one attached hydrogen (secondary N) is 1. The van der Waals surface area contributed by atoms with Crippen LogP contribution in [0.25, 0.3) is 21.8 Å². The highest BCUT2D eigenvalue weighted by Crippen LogP contribution is 2.34. The number of carbonyl (C=O) groups is 1. The lowest BCUT2D eigenvalue weighted by molar-refractivity contribution is -0.0360. The Bertz CT molecular complexity index is 1490. The quantitative estimate of drug-likeness (QED) is 0.309. The predicted octanol–water partition coefficient (Wildman–Crippen LogP) is 4.95. The molecule has 3 heterocycles.